The Labute approximate surface area is 201 Å². The van der Waals surface area contributed by atoms with Gasteiger partial charge in [-0.25, -0.2) is 9.97 Å². The number of carbonyl (C=O) groups is 1. The first-order chi connectivity index (χ1) is 17.2. The predicted molar refractivity (Wildman–Crippen MR) is 125 cm³/mol. The molecule has 1 amide bonds. The van der Waals surface area contributed by atoms with Crippen LogP contribution < -0.4 is 10.9 Å². The Balaban J connectivity index is 1.39. The lowest BCUT2D eigenvalue weighted by Gasteiger charge is -2.20. The van der Waals surface area contributed by atoms with E-state index >= 15 is 0 Å². The number of aryl methyl sites for hydroxylation is 2. The summed E-state index contributed by atoms with van der Waals surface area (Å²) in [6, 6.07) is 13.1. The SMILES string of the molecule is Cn1ncc2c(=O)[nH]c(CCC(=O)NC(c3ccccc3)c3ccc4nc(C(F)(F)F)[nH]c4c3)nc21. The molecule has 0 spiro atoms. The summed E-state index contributed by atoms with van der Waals surface area (Å²) in [6.45, 7) is 0. The molecule has 0 saturated heterocycles. The molecule has 3 heterocycles. The minimum absolute atomic E-state index is 0.0279. The van der Waals surface area contributed by atoms with Crippen LogP contribution in [0.1, 0.15) is 35.2 Å². The fraction of sp³-hybridized carbons (Fsp3) is 0.208. The smallest absolute Gasteiger partial charge is 0.345 e. The van der Waals surface area contributed by atoms with Gasteiger partial charge in [-0.05, 0) is 23.3 Å². The third kappa shape index (κ3) is 4.57. The van der Waals surface area contributed by atoms with Crippen molar-refractivity contribution in [1.82, 2.24) is 35.0 Å². The van der Waals surface area contributed by atoms with Crippen LogP contribution >= 0.6 is 0 Å². The highest BCUT2D eigenvalue weighted by Crippen LogP contribution is 2.30. The van der Waals surface area contributed by atoms with E-state index in [0.29, 0.717) is 22.4 Å². The number of fused-ring (bicyclic) bond motifs is 2. The van der Waals surface area contributed by atoms with Gasteiger partial charge < -0.3 is 15.3 Å². The molecule has 0 radical (unpaired) electrons. The van der Waals surface area contributed by atoms with Crippen molar-refractivity contribution in [2.75, 3.05) is 0 Å². The van der Waals surface area contributed by atoms with E-state index < -0.39 is 18.0 Å². The first-order valence-corrected chi connectivity index (χ1v) is 11.0. The number of imidazole rings is 1. The quantitative estimate of drug-likeness (QED) is 0.334. The Hall–Kier alpha value is -4.48. The molecule has 0 aliphatic heterocycles. The van der Waals surface area contributed by atoms with E-state index in [1.807, 2.05) is 30.3 Å². The third-order valence-electron chi connectivity index (χ3n) is 5.79. The van der Waals surface area contributed by atoms with Gasteiger partial charge in [0.2, 0.25) is 11.7 Å². The number of amides is 1. The van der Waals surface area contributed by atoms with E-state index in [1.54, 1.807) is 19.2 Å². The van der Waals surface area contributed by atoms with Gasteiger partial charge in [0.05, 0.1) is 23.3 Å². The number of halogens is 3. The van der Waals surface area contributed by atoms with Crippen LogP contribution in [0.3, 0.4) is 0 Å². The van der Waals surface area contributed by atoms with Crippen molar-refractivity contribution in [3.63, 3.8) is 0 Å². The summed E-state index contributed by atoms with van der Waals surface area (Å²) < 4.78 is 40.7. The van der Waals surface area contributed by atoms with Crippen LogP contribution in [-0.2, 0) is 24.4 Å². The molecule has 5 aromatic rings. The average Bonchev–Trinajstić information content (AvgIpc) is 3.45. The number of hydrogen-bond acceptors (Lipinski definition) is 5. The zero-order valence-electron chi connectivity index (χ0n) is 18.9. The average molecular weight is 495 g/mol. The summed E-state index contributed by atoms with van der Waals surface area (Å²) >= 11 is 0. The number of alkyl halides is 3. The van der Waals surface area contributed by atoms with Crippen molar-refractivity contribution in [2.45, 2.75) is 25.1 Å². The van der Waals surface area contributed by atoms with Crippen LogP contribution in [0.15, 0.2) is 59.5 Å². The number of benzene rings is 2. The lowest BCUT2D eigenvalue weighted by atomic mass is 9.98. The zero-order chi connectivity index (χ0) is 25.4. The Morgan fingerprint density at radius 1 is 1.08 bits per heavy atom. The van der Waals surface area contributed by atoms with Gasteiger partial charge in [0.1, 0.15) is 11.2 Å². The summed E-state index contributed by atoms with van der Waals surface area (Å²) in [5.41, 5.74) is 1.80. The Kier molecular flexibility index (Phi) is 5.78. The van der Waals surface area contributed by atoms with Gasteiger partial charge in [0.15, 0.2) is 5.65 Å². The van der Waals surface area contributed by atoms with Crippen LogP contribution in [-0.4, -0.2) is 35.6 Å². The Morgan fingerprint density at radius 2 is 1.86 bits per heavy atom. The molecule has 2 aromatic carbocycles. The molecular weight excluding hydrogens is 475 g/mol. The molecule has 5 rings (SSSR count). The van der Waals surface area contributed by atoms with Crippen molar-refractivity contribution in [2.24, 2.45) is 7.05 Å². The van der Waals surface area contributed by atoms with Gasteiger partial charge in [0.25, 0.3) is 5.56 Å². The summed E-state index contributed by atoms with van der Waals surface area (Å²) in [7, 11) is 1.67. The fourth-order valence-electron chi connectivity index (χ4n) is 4.01. The molecular formula is C24H20F3N7O2. The molecule has 1 unspecified atom stereocenters. The van der Waals surface area contributed by atoms with E-state index in [0.717, 1.165) is 5.56 Å². The van der Waals surface area contributed by atoms with Gasteiger partial charge in [-0.3, -0.25) is 14.3 Å². The lowest BCUT2D eigenvalue weighted by Crippen LogP contribution is -2.29. The molecule has 0 fully saturated rings. The van der Waals surface area contributed by atoms with E-state index in [1.165, 1.54) is 16.9 Å². The van der Waals surface area contributed by atoms with Crippen LogP contribution in [0.25, 0.3) is 22.1 Å². The number of H-pyrrole nitrogens is 2. The number of nitrogens with one attached hydrogen (secondary N) is 3. The number of rotatable bonds is 6. The highest BCUT2D eigenvalue weighted by atomic mass is 19.4. The van der Waals surface area contributed by atoms with Crippen LogP contribution in [0.2, 0.25) is 0 Å². The maximum absolute atomic E-state index is 13.1. The predicted octanol–water partition coefficient (Wildman–Crippen LogP) is 3.39. The topological polar surface area (TPSA) is 121 Å². The van der Waals surface area contributed by atoms with Gasteiger partial charge in [0, 0.05) is 19.9 Å². The molecule has 9 nitrogen and oxygen atoms in total. The number of carbonyl (C=O) groups excluding carboxylic acids is 1. The van der Waals surface area contributed by atoms with Crippen LogP contribution in [0.4, 0.5) is 13.2 Å². The van der Waals surface area contributed by atoms with E-state index in [-0.39, 0.29) is 35.3 Å². The Morgan fingerprint density at radius 3 is 2.61 bits per heavy atom. The van der Waals surface area contributed by atoms with Crippen LogP contribution in [0.5, 0.6) is 0 Å². The van der Waals surface area contributed by atoms with Crippen molar-refractivity contribution < 1.29 is 18.0 Å². The third-order valence-corrected chi connectivity index (χ3v) is 5.79. The maximum Gasteiger partial charge on any atom is 0.449 e. The summed E-state index contributed by atoms with van der Waals surface area (Å²) in [5, 5.41) is 7.33. The summed E-state index contributed by atoms with van der Waals surface area (Å²) in [4.78, 5) is 38.1. The van der Waals surface area contributed by atoms with Gasteiger partial charge >= 0.3 is 6.18 Å². The zero-order valence-corrected chi connectivity index (χ0v) is 18.9. The molecule has 0 aliphatic carbocycles. The number of hydrogen-bond donors (Lipinski definition) is 3. The minimum Gasteiger partial charge on any atom is -0.345 e. The van der Waals surface area contributed by atoms with E-state index in [9.17, 15) is 22.8 Å². The molecule has 12 heteroatoms. The molecule has 0 aliphatic rings. The lowest BCUT2D eigenvalue weighted by molar-refractivity contribution is -0.144. The monoisotopic (exact) mass is 495 g/mol. The molecule has 1 atom stereocenters. The molecule has 3 aromatic heterocycles. The summed E-state index contributed by atoms with van der Waals surface area (Å²) in [6.07, 6.45) is -2.96. The van der Waals surface area contributed by atoms with Crippen LogP contribution in [0, 0.1) is 0 Å². The minimum atomic E-state index is -4.60. The van der Waals surface area contributed by atoms with Crippen molar-refractivity contribution >= 4 is 28.0 Å². The van der Waals surface area contributed by atoms with E-state index in [2.05, 4.69) is 30.4 Å². The maximum atomic E-state index is 13.1. The molecule has 0 bridgehead atoms. The standard InChI is InChI=1S/C24H20F3N7O2/c1-34-21-15(12-28-34)22(36)32-18(31-21)9-10-19(35)33-20(13-5-3-2-4-6-13)14-7-8-16-17(11-14)30-23(29-16)24(25,26)27/h2-8,11-12,20H,9-10H2,1H3,(H,29,30)(H,33,35)(H,31,32,36). The van der Waals surface area contributed by atoms with Crippen molar-refractivity contribution in [3.8, 4) is 0 Å². The van der Waals surface area contributed by atoms with Gasteiger partial charge in [-0.1, -0.05) is 36.4 Å². The van der Waals surface area contributed by atoms with Crippen molar-refractivity contribution in [1.29, 1.82) is 0 Å². The molecule has 184 valence electrons. The fourth-order valence-corrected chi connectivity index (χ4v) is 4.01. The van der Waals surface area contributed by atoms with Gasteiger partial charge in [-0.2, -0.15) is 18.3 Å². The summed E-state index contributed by atoms with van der Waals surface area (Å²) in [5.74, 6) is -1.06. The highest BCUT2D eigenvalue weighted by molar-refractivity contribution is 5.79. The largest absolute Gasteiger partial charge is 0.449 e. The number of nitrogens with zero attached hydrogens (tertiary/aromatic N) is 4. The van der Waals surface area contributed by atoms with Gasteiger partial charge in [-0.15, -0.1) is 0 Å². The highest BCUT2D eigenvalue weighted by Gasteiger charge is 2.34. The second-order valence-corrected chi connectivity index (χ2v) is 8.29. The first-order valence-electron chi connectivity index (χ1n) is 11.0. The normalized spacial score (nSPS) is 12.8. The van der Waals surface area contributed by atoms with E-state index in [4.69, 9.17) is 0 Å². The Bertz CT molecular complexity index is 1620. The number of aromatic nitrogens is 6. The second-order valence-electron chi connectivity index (χ2n) is 8.29. The molecule has 3 N–H and O–H groups in total. The van der Waals surface area contributed by atoms with Crippen molar-refractivity contribution in [3.05, 3.63) is 87.9 Å². The second kappa shape index (κ2) is 8.95. The first kappa shape index (κ1) is 23.3. The number of aromatic amines is 2. The molecule has 36 heavy (non-hydrogen) atoms. The molecule has 0 saturated carbocycles.